The lowest BCUT2D eigenvalue weighted by Gasteiger charge is -2.11. The highest BCUT2D eigenvalue weighted by atomic mass is 16.5. The molecule has 0 radical (unpaired) electrons. The Morgan fingerprint density at radius 3 is 2.73 bits per heavy atom. The molecule has 0 aliphatic heterocycles. The van der Waals surface area contributed by atoms with Crippen LogP contribution < -0.4 is 5.32 Å². The van der Waals surface area contributed by atoms with Gasteiger partial charge in [0.2, 0.25) is 5.91 Å². The Kier molecular flexibility index (Phi) is 5.14. The molecule has 0 unspecified atom stereocenters. The van der Waals surface area contributed by atoms with E-state index in [1.54, 1.807) is 0 Å². The highest BCUT2D eigenvalue weighted by Gasteiger charge is 2.15. The van der Waals surface area contributed by atoms with E-state index in [1.165, 1.54) is 6.92 Å². The molecule has 0 atom stereocenters. The summed E-state index contributed by atoms with van der Waals surface area (Å²) in [5.74, 6) is 0.386. The number of benzene rings is 1. The summed E-state index contributed by atoms with van der Waals surface area (Å²) in [6, 6.07) is 7.64. The predicted molar refractivity (Wildman–Crippen MR) is 83.3 cm³/mol. The number of nitrogens with one attached hydrogen (secondary N) is 1. The SMILES string of the molecule is CC(=O)NCCc1nc2ccccc2n1CC(=O)OC(C)C. The Morgan fingerprint density at radius 1 is 1.32 bits per heavy atom. The molecule has 0 spiro atoms. The maximum Gasteiger partial charge on any atom is 0.326 e. The van der Waals surface area contributed by atoms with E-state index in [0.29, 0.717) is 13.0 Å². The van der Waals surface area contributed by atoms with E-state index in [0.717, 1.165) is 16.9 Å². The van der Waals surface area contributed by atoms with Crippen LogP contribution in [-0.2, 0) is 27.3 Å². The molecule has 0 aliphatic rings. The largest absolute Gasteiger partial charge is 0.462 e. The van der Waals surface area contributed by atoms with Crippen LogP contribution in [0.4, 0.5) is 0 Å². The van der Waals surface area contributed by atoms with Crippen molar-refractivity contribution in [1.29, 1.82) is 0 Å². The fourth-order valence-corrected chi connectivity index (χ4v) is 2.27. The average molecular weight is 303 g/mol. The Hall–Kier alpha value is -2.37. The third-order valence-electron chi connectivity index (χ3n) is 3.11. The standard InChI is InChI=1S/C16H21N3O3/c1-11(2)22-16(21)10-19-14-7-5-4-6-13(14)18-15(19)8-9-17-12(3)20/h4-7,11H,8-10H2,1-3H3,(H,17,20). The van der Waals surface area contributed by atoms with E-state index in [1.807, 2.05) is 42.7 Å². The highest BCUT2D eigenvalue weighted by molar-refractivity contribution is 5.79. The highest BCUT2D eigenvalue weighted by Crippen LogP contribution is 2.16. The van der Waals surface area contributed by atoms with Crippen molar-refractivity contribution in [1.82, 2.24) is 14.9 Å². The molecule has 1 aromatic carbocycles. The average Bonchev–Trinajstić information content (AvgIpc) is 2.76. The number of hydrogen-bond acceptors (Lipinski definition) is 4. The van der Waals surface area contributed by atoms with Crippen LogP contribution in [0.25, 0.3) is 11.0 Å². The Balaban J connectivity index is 2.23. The van der Waals surface area contributed by atoms with E-state index in [2.05, 4.69) is 10.3 Å². The minimum atomic E-state index is -0.293. The molecular weight excluding hydrogens is 282 g/mol. The van der Waals surface area contributed by atoms with Gasteiger partial charge in [-0.1, -0.05) is 12.1 Å². The second-order valence-electron chi connectivity index (χ2n) is 5.37. The Morgan fingerprint density at radius 2 is 2.05 bits per heavy atom. The third kappa shape index (κ3) is 4.07. The monoisotopic (exact) mass is 303 g/mol. The van der Waals surface area contributed by atoms with Gasteiger partial charge in [-0.15, -0.1) is 0 Å². The number of ether oxygens (including phenoxy) is 1. The molecule has 0 fully saturated rings. The number of carbonyl (C=O) groups is 2. The lowest BCUT2D eigenvalue weighted by molar-refractivity contribution is -0.148. The molecule has 0 aliphatic carbocycles. The maximum absolute atomic E-state index is 12.0. The van der Waals surface area contributed by atoms with Gasteiger partial charge < -0.3 is 14.6 Å². The first-order valence-corrected chi connectivity index (χ1v) is 7.35. The number of esters is 1. The second kappa shape index (κ2) is 7.06. The van der Waals surface area contributed by atoms with Crippen LogP contribution in [0.15, 0.2) is 24.3 Å². The quantitative estimate of drug-likeness (QED) is 0.824. The topological polar surface area (TPSA) is 73.2 Å². The van der Waals surface area contributed by atoms with E-state index in [-0.39, 0.29) is 24.5 Å². The number of rotatable bonds is 6. The first-order chi connectivity index (χ1) is 10.5. The number of para-hydroxylation sites is 2. The van der Waals surface area contributed by atoms with Gasteiger partial charge in [0.15, 0.2) is 0 Å². The number of nitrogens with zero attached hydrogens (tertiary/aromatic N) is 2. The molecule has 1 aromatic heterocycles. The van der Waals surface area contributed by atoms with Gasteiger partial charge in [-0.25, -0.2) is 4.98 Å². The van der Waals surface area contributed by atoms with Crippen LogP contribution in [0.1, 0.15) is 26.6 Å². The molecule has 1 amide bonds. The summed E-state index contributed by atoms with van der Waals surface area (Å²) in [4.78, 5) is 27.5. The van der Waals surface area contributed by atoms with Crippen LogP contribution in [0.3, 0.4) is 0 Å². The number of fused-ring (bicyclic) bond motifs is 1. The van der Waals surface area contributed by atoms with Crippen LogP contribution in [0, 0.1) is 0 Å². The zero-order valence-electron chi connectivity index (χ0n) is 13.1. The molecule has 0 bridgehead atoms. The van der Waals surface area contributed by atoms with Crippen LogP contribution >= 0.6 is 0 Å². The van der Waals surface area contributed by atoms with E-state index in [9.17, 15) is 9.59 Å². The van der Waals surface area contributed by atoms with Gasteiger partial charge in [-0.05, 0) is 26.0 Å². The molecule has 0 saturated carbocycles. The summed E-state index contributed by atoms with van der Waals surface area (Å²) < 4.78 is 7.06. The predicted octanol–water partition coefficient (Wildman–Crippen LogP) is 1.67. The zero-order chi connectivity index (χ0) is 16.1. The van der Waals surface area contributed by atoms with Crippen LogP contribution in [0.5, 0.6) is 0 Å². The molecule has 22 heavy (non-hydrogen) atoms. The number of aromatic nitrogens is 2. The first kappa shape index (κ1) is 16.0. The fourth-order valence-electron chi connectivity index (χ4n) is 2.27. The molecule has 2 rings (SSSR count). The summed E-state index contributed by atoms with van der Waals surface area (Å²) in [6.07, 6.45) is 0.411. The van der Waals surface area contributed by atoms with E-state index >= 15 is 0 Å². The van der Waals surface area contributed by atoms with Gasteiger partial charge in [0.25, 0.3) is 0 Å². The van der Waals surface area contributed by atoms with Gasteiger partial charge in [0, 0.05) is 19.9 Å². The molecular formula is C16H21N3O3. The minimum Gasteiger partial charge on any atom is -0.462 e. The molecule has 1 heterocycles. The van der Waals surface area contributed by atoms with Crippen molar-refractivity contribution >= 4 is 22.9 Å². The number of carbonyl (C=O) groups excluding carboxylic acids is 2. The van der Waals surface area contributed by atoms with Gasteiger partial charge in [0.1, 0.15) is 12.4 Å². The smallest absolute Gasteiger partial charge is 0.326 e. The zero-order valence-corrected chi connectivity index (χ0v) is 13.1. The molecule has 1 N–H and O–H groups in total. The lowest BCUT2D eigenvalue weighted by atomic mass is 10.3. The van der Waals surface area contributed by atoms with Crippen molar-refractivity contribution in [2.45, 2.75) is 39.8 Å². The third-order valence-corrected chi connectivity index (χ3v) is 3.11. The first-order valence-electron chi connectivity index (χ1n) is 7.35. The van der Waals surface area contributed by atoms with Crippen molar-refractivity contribution in [3.05, 3.63) is 30.1 Å². The van der Waals surface area contributed by atoms with Crippen LogP contribution in [-0.4, -0.2) is 34.1 Å². The number of imidazole rings is 1. The maximum atomic E-state index is 12.0. The minimum absolute atomic E-state index is 0.0816. The number of hydrogen-bond donors (Lipinski definition) is 1. The summed E-state index contributed by atoms with van der Waals surface area (Å²) >= 11 is 0. The Labute approximate surface area is 129 Å². The lowest BCUT2D eigenvalue weighted by Crippen LogP contribution is -2.24. The van der Waals surface area contributed by atoms with E-state index < -0.39 is 0 Å². The van der Waals surface area contributed by atoms with Crippen molar-refractivity contribution in [2.75, 3.05) is 6.54 Å². The summed E-state index contributed by atoms with van der Waals surface area (Å²) in [7, 11) is 0. The van der Waals surface area contributed by atoms with E-state index in [4.69, 9.17) is 4.74 Å². The van der Waals surface area contributed by atoms with Crippen molar-refractivity contribution in [2.24, 2.45) is 0 Å². The molecule has 0 saturated heterocycles. The van der Waals surface area contributed by atoms with Crippen molar-refractivity contribution < 1.29 is 14.3 Å². The summed E-state index contributed by atoms with van der Waals surface area (Å²) in [5, 5.41) is 2.74. The van der Waals surface area contributed by atoms with Crippen molar-refractivity contribution in [3.63, 3.8) is 0 Å². The normalized spacial score (nSPS) is 10.9. The Bertz CT molecular complexity index is 676. The van der Waals surface area contributed by atoms with Crippen molar-refractivity contribution in [3.8, 4) is 0 Å². The second-order valence-corrected chi connectivity index (χ2v) is 5.37. The van der Waals surface area contributed by atoms with Gasteiger partial charge in [-0.2, -0.15) is 0 Å². The number of amides is 1. The summed E-state index contributed by atoms with van der Waals surface area (Å²) in [6.45, 7) is 5.72. The van der Waals surface area contributed by atoms with Gasteiger partial charge >= 0.3 is 5.97 Å². The molecule has 118 valence electrons. The fraction of sp³-hybridized carbons (Fsp3) is 0.438. The summed E-state index contributed by atoms with van der Waals surface area (Å²) in [5.41, 5.74) is 1.72. The van der Waals surface area contributed by atoms with Gasteiger partial charge in [0.05, 0.1) is 17.1 Å². The molecule has 6 heteroatoms. The molecule has 6 nitrogen and oxygen atoms in total. The van der Waals surface area contributed by atoms with Gasteiger partial charge in [-0.3, -0.25) is 9.59 Å². The van der Waals surface area contributed by atoms with Crippen LogP contribution in [0.2, 0.25) is 0 Å². The molecule has 2 aromatic rings.